The Morgan fingerprint density at radius 3 is 2.61 bits per heavy atom. The van der Waals surface area contributed by atoms with Gasteiger partial charge in [0.1, 0.15) is 0 Å². The second kappa shape index (κ2) is 6.03. The first-order chi connectivity index (χ1) is 8.40. The zero-order valence-corrected chi connectivity index (χ0v) is 11.8. The van der Waals surface area contributed by atoms with E-state index >= 15 is 0 Å². The molecule has 0 aliphatic heterocycles. The van der Waals surface area contributed by atoms with Crippen molar-refractivity contribution < 1.29 is 8.42 Å². The lowest BCUT2D eigenvalue weighted by Crippen LogP contribution is -2.34. The van der Waals surface area contributed by atoms with Crippen molar-refractivity contribution in [3.63, 3.8) is 0 Å². The fourth-order valence-electron chi connectivity index (χ4n) is 1.71. The van der Waals surface area contributed by atoms with Crippen LogP contribution in [0.5, 0.6) is 0 Å². The molecule has 1 unspecified atom stereocenters. The van der Waals surface area contributed by atoms with Crippen LogP contribution in [0.4, 0.5) is 0 Å². The Morgan fingerprint density at radius 2 is 2.06 bits per heavy atom. The lowest BCUT2D eigenvalue weighted by molar-refractivity contribution is 0.563. The van der Waals surface area contributed by atoms with Crippen molar-refractivity contribution in [2.75, 3.05) is 0 Å². The quantitative estimate of drug-likeness (QED) is 0.831. The third-order valence-corrected chi connectivity index (χ3v) is 4.32. The number of benzene rings is 1. The van der Waals surface area contributed by atoms with Gasteiger partial charge in [-0.05, 0) is 37.5 Å². The predicted molar refractivity (Wildman–Crippen MR) is 73.8 cm³/mol. The van der Waals surface area contributed by atoms with Gasteiger partial charge in [-0.3, -0.25) is 0 Å². The van der Waals surface area contributed by atoms with E-state index in [0.717, 1.165) is 17.5 Å². The molecular formula is C14H19NO2S. The Hall–Kier alpha value is -1.31. The first kappa shape index (κ1) is 14.7. The SMILES string of the molecule is C#CC(CCC)NS(=O)(=O)c1cc(C)ccc1C. The van der Waals surface area contributed by atoms with E-state index in [2.05, 4.69) is 10.6 Å². The molecule has 0 bridgehead atoms. The first-order valence-corrected chi connectivity index (χ1v) is 7.44. The Kier molecular flexibility index (Phi) is 4.94. The average molecular weight is 265 g/mol. The molecule has 0 radical (unpaired) electrons. The smallest absolute Gasteiger partial charge is 0.207 e. The van der Waals surface area contributed by atoms with Gasteiger partial charge < -0.3 is 0 Å². The summed E-state index contributed by atoms with van der Waals surface area (Å²) in [6, 6.07) is 4.91. The van der Waals surface area contributed by atoms with E-state index in [0.29, 0.717) is 11.3 Å². The molecule has 0 heterocycles. The normalized spacial score (nSPS) is 13.0. The van der Waals surface area contributed by atoms with Gasteiger partial charge in [0.05, 0.1) is 10.9 Å². The zero-order valence-electron chi connectivity index (χ0n) is 11.0. The van der Waals surface area contributed by atoms with Crippen LogP contribution < -0.4 is 4.72 Å². The number of terminal acetylenes is 1. The molecular weight excluding hydrogens is 246 g/mol. The van der Waals surface area contributed by atoms with Gasteiger partial charge in [-0.15, -0.1) is 6.42 Å². The number of hydrogen-bond acceptors (Lipinski definition) is 2. The minimum atomic E-state index is -3.54. The first-order valence-electron chi connectivity index (χ1n) is 5.96. The molecule has 0 saturated carbocycles. The molecule has 1 aromatic rings. The van der Waals surface area contributed by atoms with Gasteiger partial charge in [0.15, 0.2) is 0 Å². The second-order valence-corrected chi connectivity index (χ2v) is 6.08. The molecule has 1 aromatic carbocycles. The number of hydrogen-bond donors (Lipinski definition) is 1. The van der Waals surface area contributed by atoms with Gasteiger partial charge in [0, 0.05) is 0 Å². The average Bonchev–Trinajstić information content (AvgIpc) is 2.31. The molecule has 0 saturated heterocycles. The van der Waals surface area contributed by atoms with E-state index in [4.69, 9.17) is 6.42 Å². The van der Waals surface area contributed by atoms with E-state index in [1.54, 1.807) is 19.1 Å². The van der Waals surface area contributed by atoms with Crippen LogP contribution in [0.25, 0.3) is 0 Å². The molecule has 1 N–H and O–H groups in total. The minimum Gasteiger partial charge on any atom is -0.207 e. The van der Waals surface area contributed by atoms with E-state index in [9.17, 15) is 8.42 Å². The summed E-state index contributed by atoms with van der Waals surface area (Å²) in [7, 11) is -3.54. The van der Waals surface area contributed by atoms with E-state index in [1.165, 1.54) is 0 Å². The van der Waals surface area contributed by atoms with Crippen molar-refractivity contribution in [3.05, 3.63) is 29.3 Å². The summed E-state index contributed by atoms with van der Waals surface area (Å²) in [6.07, 6.45) is 6.81. The van der Waals surface area contributed by atoms with Crippen molar-refractivity contribution in [1.82, 2.24) is 4.72 Å². The molecule has 0 aromatic heterocycles. The van der Waals surface area contributed by atoms with E-state index in [-0.39, 0.29) is 0 Å². The van der Waals surface area contributed by atoms with E-state index < -0.39 is 16.1 Å². The van der Waals surface area contributed by atoms with Crippen LogP contribution in [0.2, 0.25) is 0 Å². The van der Waals surface area contributed by atoms with Crippen LogP contribution in [0.15, 0.2) is 23.1 Å². The molecule has 98 valence electrons. The number of nitrogens with one attached hydrogen (secondary N) is 1. The summed E-state index contributed by atoms with van der Waals surface area (Å²) >= 11 is 0. The van der Waals surface area contributed by atoms with Gasteiger partial charge in [-0.2, -0.15) is 4.72 Å². The molecule has 0 amide bonds. The standard InChI is InChI=1S/C14H19NO2S/c1-5-7-13(6-2)15-18(16,17)14-10-11(3)8-9-12(14)4/h2,8-10,13,15H,5,7H2,1,3-4H3. The lowest BCUT2D eigenvalue weighted by Gasteiger charge is -2.14. The van der Waals surface area contributed by atoms with Crippen LogP contribution in [-0.4, -0.2) is 14.5 Å². The van der Waals surface area contributed by atoms with E-state index in [1.807, 2.05) is 19.9 Å². The zero-order chi connectivity index (χ0) is 13.8. The fraction of sp³-hybridized carbons (Fsp3) is 0.429. The topological polar surface area (TPSA) is 46.2 Å². The molecule has 0 spiro atoms. The number of aryl methyl sites for hydroxylation is 2. The maximum atomic E-state index is 12.2. The molecule has 1 atom stereocenters. The number of sulfonamides is 1. The summed E-state index contributed by atoms with van der Waals surface area (Å²) in [5.74, 6) is 2.47. The Bertz CT molecular complexity index is 556. The lowest BCUT2D eigenvalue weighted by atomic mass is 10.2. The summed E-state index contributed by atoms with van der Waals surface area (Å²) < 4.78 is 27.0. The molecule has 0 aliphatic carbocycles. The Labute approximate surface area is 110 Å². The van der Waals surface area contributed by atoms with Gasteiger partial charge in [-0.1, -0.05) is 31.4 Å². The van der Waals surface area contributed by atoms with Gasteiger partial charge in [0.25, 0.3) is 0 Å². The van der Waals surface area contributed by atoms with Gasteiger partial charge in [-0.25, -0.2) is 8.42 Å². The van der Waals surface area contributed by atoms with Crippen LogP contribution in [0.3, 0.4) is 0 Å². The molecule has 0 aliphatic rings. The summed E-state index contributed by atoms with van der Waals surface area (Å²) in [5, 5.41) is 0. The molecule has 0 fully saturated rings. The summed E-state index contributed by atoms with van der Waals surface area (Å²) in [6.45, 7) is 5.61. The second-order valence-electron chi connectivity index (χ2n) is 4.40. The molecule has 1 rings (SSSR count). The third kappa shape index (κ3) is 3.59. The summed E-state index contributed by atoms with van der Waals surface area (Å²) in [5.41, 5.74) is 1.63. The largest absolute Gasteiger partial charge is 0.241 e. The van der Waals surface area contributed by atoms with Crippen molar-refractivity contribution in [1.29, 1.82) is 0 Å². The van der Waals surface area contributed by atoms with Crippen LogP contribution in [0.1, 0.15) is 30.9 Å². The van der Waals surface area contributed by atoms with Crippen molar-refractivity contribution in [2.45, 2.75) is 44.6 Å². The molecule has 18 heavy (non-hydrogen) atoms. The minimum absolute atomic E-state index is 0.304. The van der Waals surface area contributed by atoms with Crippen molar-refractivity contribution in [2.24, 2.45) is 0 Å². The summed E-state index contributed by atoms with van der Waals surface area (Å²) in [4.78, 5) is 0.304. The molecule has 3 nitrogen and oxygen atoms in total. The monoisotopic (exact) mass is 265 g/mol. The highest BCUT2D eigenvalue weighted by Crippen LogP contribution is 2.17. The maximum Gasteiger partial charge on any atom is 0.241 e. The van der Waals surface area contributed by atoms with Crippen LogP contribution in [0, 0.1) is 26.2 Å². The van der Waals surface area contributed by atoms with Crippen LogP contribution in [-0.2, 0) is 10.0 Å². The predicted octanol–water partition coefficient (Wildman–Crippen LogP) is 2.38. The van der Waals surface area contributed by atoms with Gasteiger partial charge in [0.2, 0.25) is 10.0 Å². The highest BCUT2D eigenvalue weighted by atomic mass is 32.2. The Balaban J connectivity index is 3.07. The van der Waals surface area contributed by atoms with Gasteiger partial charge >= 0.3 is 0 Å². The van der Waals surface area contributed by atoms with Crippen molar-refractivity contribution in [3.8, 4) is 12.3 Å². The third-order valence-electron chi connectivity index (χ3n) is 2.71. The highest BCUT2D eigenvalue weighted by Gasteiger charge is 2.20. The van der Waals surface area contributed by atoms with Crippen molar-refractivity contribution >= 4 is 10.0 Å². The Morgan fingerprint density at radius 1 is 1.39 bits per heavy atom. The molecule has 4 heteroatoms. The fourth-order valence-corrected chi connectivity index (χ4v) is 3.23. The maximum absolute atomic E-state index is 12.2. The van der Waals surface area contributed by atoms with Crippen LogP contribution >= 0.6 is 0 Å². The highest BCUT2D eigenvalue weighted by molar-refractivity contribution is 7.89. The number of rotatable bonds is 5.